The molecular formula is C14H15N5O3. The summed E-state index contributed by atoms with van der Waals surface area (Å²) in [7, 11) is 2.98. The normalized spacial score (nSPS) is 10.6. The van der Waals surface area contributed by atoms with E-state index in [2.05, 4.69) is 25.3 Å². The Morgan fingerprint density at radius 1 is 1.18 bits per heavy atom. The summed E-state index contributed by atoms with van der Waals surface area (Å²) in [4.78, 5) is 15.3. The summed E-state index contributed by atoms with van der Waals surface area (Å²) in [6.07, 6.45) is 3.00. The molecule has 0 saturated heterocycles. The fraction of sp³-hybridized carbons (Fsp3) is 0.214. The second-order valence-corrected chi connectivity index (χ2v) is 4.49. The third kappa shape index (κ3) is 2.34. The monoisotopic (exact) mass is 301 g/mol. The van der Waals surface area contributed by atoms with Crippen molar-refractivity contribution in [2.75, 3.05) is 19.5 Å². The summed E-state index contributed by atoms with van der Waals surface area (Å²) in [5.41, 5.74) is 2.08. The maximum atomic E-state index is 10.1. The maximum Gasteiger partial charge on any atom is 0.201 e. The number of nitrogens with zero attached hydrogens (tertiary/aromatic N) is 3. The van der Waals surface area contributed by atoms with E-state index in [9.17, 15) is 5.11 Å². The smallest absolute Gasteiger partial charge is 0.201 e. The molecule has 0 fully saturated rings. The predicted octanol–water partition coefficient (Wildman–Crippen LogP) is 1.69. The lowest BCUT2D eigenvalue weighted by atomic mass is 10.1. The molecule has 0 aliphatic heterocycles. The largest absolute Gasteiger partial charge is 0.502 e. The van der Waals surface area contributed by atoms with Crippen LogP contribution in [0.2, 0.25) is 0 Å². The standard InChI is InChI=1S/C14H15N5O3/c1-21-9-4-3-8(12(22-2)11(9)20)5-15-13-10-14(17-6-16-10)19-7-18-13/h3-4,6-7,20H,5H2,1-2H3,(H2,15,16,17,18,19). The fourth-order valence-electron chi connectivity index (χ4n) is 2.20. The Morgan fingerprint density at radius 3 is 2.82 bits per heavy atom. The van der Waals surface area contributed by atoms with Gasteiger partial charge in [0.05, 0.1) is 20.5 Å². The predicted molar refractivity (Wildman–Crippen MR) is 80.2 cm³/mol. The van der Waals surface area contributed by atoms with Crippen LogP contribution in [0.3, 0.4) is 0 Å². The van der Waals surface area contributed by atoms with Gasteiger partial charge in [0.2, 0.25) is 5.75 Å². The Morgan fingerprint density at radius 2 is 2.05 bits per heavy atom. The van der Waals surface area contributed by atoms with Crippen molar-refractivity contribution < 1.29 is 14.6 Å². The van der Waals surface area contributed by atoms with Gasteiger partial charge in [-0.05, 0) is 12.1 Å². The van der Waals surface area contributed by atoms with Crippen LogP contribution in [0, 0.1) is 0 Å². The average Bonchev–Trinajstić information content (AvgIpc) is 3.02. The number of H-pyrrole nitrogens is 1. The number of fused-ring (bicyclic) bond motifs is 1. The van der Waals surface area contributed by atoms with E-state index >= 15 is 0 Å². The molecule has 0 unspecified atom stereocenters. The fourth-order valence-corrected chi connectivity index (χ4v) is 2.20. The first-order valence-electron chi connectivity index (χ1n) is 6.55. The molecule has 3 aromatic rings. The highest BCUT2D eigenvalue weighted by Crippen LogP contribution is 2.38. The number of imidazole rings is 1. The molecule has 3 rings (SSSR count). The quantitative estimate of drug-likeness (QED) is 0.658. The highest BCUT2D eigenvalue weighted by molar-refractivity contribution is 5.81. The molecule has 8 heteroatoms. The zero-order valence-corrected chi connectivity index (χ0v) is 12.1. The van der Waals surface area contributed by atoms with Crippen molar-refractivity contribution in [2.45, 2.75) is 6.54 Å². The van der Waals surface area contributed by atoms with Gasteiger partial charge in [0.15, 0.2) is 23.0 Å². The van der Waals surface area contributed by atoms with Crippen molar-refractivity contribution in [3.8, 4) is 17.2 Å². The van der Waals surface area contributed by atoms with Crippen LogP contribution >= 0.6 is 0 Å². The molecule has 0 amide bonds. The van der Waals surface area contributed by atoms with Crippen LogP contribution in [0.15, 0.2) is 24.8 Å². The number of methoxy groups -OCH3 is 2. The SMILES string of the molecule is COc1ccc(CNc2ncnc3nc[nH]c23)c(OC)c1O. The maximum absolute atomic E-state index is 10.1. The van der Waals surface area contributed by atoms with Crippen molar-refractivity contribution in [2.24, 2.45) is 0 Å². The summed E-state index contributed by atoms with van der Waals surface area (Å²) in [6.45, 7) is 0.409. The van der Waals surface area contributed by atoms with Crippen LogP contribution in [0.4, 0.5) is 5.82 Å². The minimum Gasteiger partial charge on any atom is -0.502 e. The third-order valence-electron chi connectivity index (χ3n) is 3.27. The number of phenolic OH excluding ortho intramolecular Hbond substituents is 1. The van der Waals surface area contributed by atoms with Gasteiger partial charge in [-0.1, -0.05) is 0 Å². The summed E-state index contributed by atoms with van der Waals surface area (Å²) in [6, 6.07) is 3.50. The lowest BCUT2D eigenvalue weighted by molar-refractivity contribution is 0.337. The Labute approximate surface area is 126 Å². The number of aromatic hydroxyl groups is 1. The van der Waals surface area contributed by atoms with E-state index in [1.165, 1.54) is 20.5 Å². The van der Waals surface area contributed by atoms with E-state index in [0.29, 0.717) is 29.5 Å². The highest BCUT2D eigenvalue weighted by Gasteiger charge is 2.14. The molecule has 0 spiro atoms. The Balaban J connectivity index is 1.88. The van der Waals surface area contributed by atoms with Crippen LogP contribution in [0.5, 0.6) is 17.2 Å². The number of ether oxygens (including phenoxy) is 2. The summed E-state index contributed by atoms with van der Waals surface area (Å²) in [5.74, 6) is 1.32. The topological polar surface area (TPSA) is 105 Å². The van der Waals surface area contributed by atoms with Crippen LogP contribution < -0.4 is 14.8 Å². The molecule has 0 saturated carbocycles. The van der Waals surface area contributed by atoms with Gasteiger partial charge in [-0.25, -0.2) is 15.0 Å². The van der Waals surface area contributed by atoms with Crippen LogP contribution in [-0.4, -0.2) is 39.3 Å². The molecule has 22 heavy (non-hydrogen) atoms. The molecule has 0 bridgehead atoms. The van der Waals surface area contributed by atoms with Gasteiger partial charge >= 0.3 is 0 Å². The lowest BCUT2D eigenvalue weighted by Crippen LogP contribution is -2.04. The minimum atomic E-state index is -0.0290. The van der Waals surface area contributed by atoms with Crippen molar-refractivity contribution in [3.63, 3.8) is 0 Å². The molecule has 0 aliphatic rings. The van der Waals surface area contributed by atoms with Gasteiger partial charge < -0.3 is 24.9 Å². The number of phenols is 1. The van der Waals surface area contributed by atoms with Crippen LogP contribution in [0.1, 0.15) is 5.56 Å². The first kappa shape index (κ1) is 13.9. The number of benzene rings is 1. The number of aromatic nitrogens is 4. The molecule has 2 aromatic heterocycles. The zero-order chi connectivity index (χ0) is 15.5. The summed E-state index contributed by atoms with van der Waals surface area (Å²) in [5, 5.41) is 13.3. The summed E-state index contributed by atoms with van der Waals surface area (Å²) >= 11 is 0. The van der Waals surface area contributed by atoms with Gasteiger partial charge in [-0.15, -0.1) is 0 Å². The lowest BCUT2D eigenvalue weighted by Gasteiger charge is -2.14. The number of hydrogen-bond donors (Lipinski definition) is 3. The van der Waals surface area contributed by atoms with E-state index in [0.717, 1.165) is 11.1 Å². The highest BCUT2D eigenvalue weighted by atomic mass is 16.5. The van der Waals surface area contributed by atoms with Gasteiger partial charge in [0, 0.05) is 12.1 Å². The number of hydrogen-bond acceptors (Lipinski definition) is 7. The van der Waals surface area contributed by atoms with Crippen molar-refractivity contribution >= 4 is 17.0 Å². The molecule has 114 valence electrons. The zero-order valence-electron chi connectivity index (χ0n) is 12.1. The minimum absolute atomic E-state index is 0.0290. The molecule has 0 atom stereocenters. The molecule has 0 radical (unpaired) electrons. The van der Waals surface area contributed by atoms with E-state index in [4.69, 9.17) is 9.47 Å². The number of anilines is 1. The molecule has 2 heterocycles. The average molecular weight is 301 g/mol. The molecule has 1 aromatic carbocycles. The number of aromatic amines is 1. The second kappa shape index (κ2) is 5.76. The second-order valence-electron chi connectivity index (χ2n) is 4.49. The van der Waals surface area contributed by atoms with Crippen molar-refractivity contribution in [1.82, 2.24) is 19.9 Å². The molecule has 0 aliphatic carbocycles. The van der Waals surface area contributed by atoms with Crippen molar-refractivity contribution in [1.29, 1.82) is 0 Å². The first-order chi connectivity index (χ1) is 10.7. The third-order valence-corrected chi connectivity index (χ3v) is 3.27. The Bertz CT molecular complexity index is 802. The van der Waals surface area contributed by atoms with Gasteiger partial charge in [-0.3, -0.25) is 0 Å². The van der Waals surface area contributed by atoms with Gasteiger partial charge in [0.25, 0.3) is 0 Å². The number of rotatable bonds is 5. The van der Waals surface area contributed by atoms with Crippen LogP contribution in [0.25, 0.3) is 11.2 Å². The first-order valence-corrected chi connectivity index (χ1v) is 6.55. The van der Waals surface area contributed by atoms with E-state index in [1.807, 2.05) is 6.07 Å². The van der Waals surface area contributed by atoms with Crippen LogP contribution in [-0.2, 0) is 6.54 Å². The molecule has 3 N–H and O–H groups in total. The van der Waals surface area contributed by atoms with Gasteiger partial charge in [0.1, 0.15) is 11.8 Å². The van der Waals surface area contributed by atoms with E-state index in [-0.39, 0.29) is 5.75 Å². The van der Waals surface area contributed by atoms with Gasteiger partial charge in [-0.2, -0.15) is 0 Å². The molecular weight excluding hydrogens is 286 g/mol. The van der Waals surface area contributed by atoms with E-state index < -0.39 is 0 Å². The summed E-state index contributed by atoms with van der Waals surface area (Å²) < 4.78 is 10.3. The number of nitrogens with one attached hydrogen (secondary N) is 2. The Hall–Kier alpha value is -3.03. The van der Waals surface area contributed by atoms with Crippen molar-refractivity contribution in [3.05, 3.63) is 30.4 Å². The van der Waals surface area contributed by atoms with E-state index in [1.54, 1.807) is 12.4 Å². The Kier molecular flexibility index (Phi) is 3.65. The molecule has 8 nitrogen and oxygen atoms in total.